The Hall–Kier alpha value is -2.73. The van der Waals surface area contributed by atoms with Crippen molar-refractivity contribution in [3.63, 3.8) is 0 Å². The quantitative estimate of drug-likeness (QED) is 0.735. The van der Waals surface area contributed by atoms with Crippen LogP contribution in [0.4, 0.5) is 10.1 Å². The highest BCUT2D eigenvalue weighted by Crippen LogP contribution is 2.27. The summed E-state index contributed by atoms with van der Waals surface area (Å²) in [5.74, 6) is 0.121. The average molecular weight is 356 g/mol. The Balaban J connectivity index is 1.71. The fraction of sp³-hybridized carbons (Fsp3) is 0.158. The number of aryl methyl sites for hydroxylation is 1. The van der Waals surface area contributed by atoms with Crippen molar-refractivity contribution in [2.75, 3.05) is 12.4 Å². The molecule has 1 amide bonds. The van der Waals surface area contributed by atoms with Crippen LogP contribution in [0.2, 0.25) is 0 Å². The van der Waals surface area contributed by atoms with Gasteiger partial charge in [0.25, 0.3) is 0 Å². The Bertz CT molecular complexity index is 908. The predicted molar refractivity (Wildman–Crippen MR) is 97.6 cm³/mol. The molecule has 0 spiro atoms. The zero-order chi connectivity index (χ0) is 17.8. The highest BCUT2D eigenvalue weighted by atomic mass is 32.1. The lowest BCUT2D eigenvalue weighted by Crippen LogP contribution is -2.15. The van der Waals surface area contributed by atoms with Gasteiger partial charge in [0.05, 0.1) is 24.9 Å². The van der Waals surface area contributed by atoms with Crippen molar-refractivity contribution >= 4 is 22.9 Å². The van der Waals surface area contributed by atoms with Gasteiger partial charge in [-0.25, -0.2) is 9.37 Å². The summed E-state index contributed by atoms with van der Waals surface area (Å²) in [6, 6.07) is 11.8. The van der Waals surface area contributed by atoms with E-state index in [2.05, 4.69) is 10.3 Å². The van der Waals surface area contributed by atoms with Crippen LogP contribution in [0.15, 0.2) is 47.8 Å². The molecule has 1 heterocycles. The summed E-state index contributed by atoms with van der Waals surface area (Å²) in [5, 5.41) is 5.35. The van der Waals surface area contributed by atoms with E-state index >= 15 is 0 Å². The summed E-state index contributed by atoms with van der Waals surface area (Å²) in [7, 11) is 1.56. The molecule has 0 fully saturated rings. The normalized spacial score (nSPS) is 10.5. The van der Waals surface area contributed by atoms with Gasteiger partial charge in [0.1, 0.15) is 16.6 Å². The summed E-state index contributed by atoms with van der Waals surface area (Å²) < 4.78 is 18.6. The first-order valence-electron chi connectivity index (χ1n) is 7.70. The molecule has 0 bridgehead atoms. The average Bonchev–Trinajstić information content (AvgIpc) is 3.03. The molecule has 1 N–H and O–H groups in total. The molecular weight excluding hydrogens is 339 g/mol. The first kappa shape index (κ1) is 17.1. The van der Waals surface area contributed by atoms with Gasteiger partial charge in [-0.05, 0) is 36.8 Å². The number of benzene rings is 2. The Labute approximate surface area is 149 Å². The minimum absolute atomic E-state index is 0.142. The largest absolute Gasteiger partial charge is 0.495 e. The van der Waals surface area contributed by atoms with Crippen LogP contribution in [0.5, 0.6) is 5.75 Å². The molecule has 1 aromatic heterocycles. The number of hydrogen-bond donors (Lipinski definition) is 1. The van der Waals surface area contributed by atoms with Crippen LogP contribution < -0.4 is 10.1 Å². The van der Waals surface area contributed by atoms with Crippen molar-refractivity contribution in [1.29, 1.82) is 0 Å². The molecule has 128 valence electrons. The van der Waals surface area contributed by atoms with E-state index < -0.39 is 0 Å². The summed E-state index contributed by atoms with van der Waals surface area (Å²) in [5.41, 5.74) is 3.01. The maximum atomic E-state index is 13.3. The van der Waals surface area contributed by atoms with E-state index in [1.165, 1.54) is 23.5 Å². The maximum absolute atomic E-state index is 13.3. The van der Waals surface area contributed by atoms with Crippen LogP contribution in [0.25, 0.3) is 10.6 Å². The van der Waals surface area contributed by atoms with Gasteiger partial charge in [-0.15, -0.1) is 11.3 Å². The van der Waals surface area contributed by atoms with Crippen LogP contribution in [0, 0.1) is 12.7 Å². The fourth-order valence-corrected chi connectivity index (χ4v) is 3.24. The molecule has 0 unspecified atom stereocenters. The summed E-state index contributed by atoms with van der Waals surface area (Å²) in [6.07, 6.45) is 0.142. The monoisotopic (exact) mass is 356 g/mol. The molecule has 2 aromatic carbocycles. The lowest BCUT2D eigenvalue weighted by molar-refractivity contribution is -0.115. The molecule has 3 aromatic rings. The molecule has 0 aliphatic carbocycles. The smallest absolute Gasteiger partial charge is 0.230 e. The molecule has 0 saturated heterocycles. The molecule has 4 nitrogen and oxygen atoms in total. The number of methoxy groups -OCH3 is 1. The number of carbonyl (C=O) groups excluding carboxylic acids is 1. The number of halogens is 1. The van der Waals surface area contributed by atoms with Gasteiger partial charge >= 0.3 is 0 Å². The number of carbonyl (C=O) groups is 1. The van der Waals surface area contributed by atoms with Crippen LogP contribution in [-0.2, 0) is 11.2 Å². The van der Waals surface area contributed by atoms with Crippen LogP contribution in [-0.4, -0.2) is 18.0 Å². The first-order valence-corrected chi connectivity index (χ1v) is 8.58. The molecule has 6 heteroatoms. The van der Waals surface area contributed by atoms with E-state index in [4.69, 9.17) is 4.74 Å². The molecule has 0 saturated carbocycles. The highest BCUT2D eigenvalue weighted by molar-refractivity contribution is 7.13. The SMILES string of the molecule is COc1ccc(C)cc1NC(=O)Cc1csc(-c2cccc(F)c2)n1. The second kappa shape index (κ2) is 7.44. The molecule has 25 heavy (non-hydrogen) atoms. The number of hydrogen-bond acceptors (Lipinski definition) is 4. The van der Waals surface area contributed by atoms with Crippen molar-refractivity contribution in [3.05, 3.63) is 64.9 Å². The predicted octanol–water partition coefficient (Wildman–Crippen LogP) is 4.45. The lowest BCUT2D eigenvalue weighted by Gasteiger charge is -2.10. The van der Waals surface area contributed by atoms with E-state index in [0.29, 0.717) is 27.7 Å². The van der Waals surface area contributed by atoms with E-state index in [0.717, 1.165) is 5.56 Å². The minimum Gasteiger partial charge on any atom is -0.495 e. The first-order chi connectivity index (χ1) is 12.0. The number of rotatable bonds is 5. The van der Waals surface area contributed by atoms with E-state index in [-0.39, 0.29) is 18.1 Å². The summed E-state index contributed by atoms with van der Waals surface area (Å²) in [4.78, 5) is 16.7. The standard InChI is InChI=1S/C19H17FN2O2S/c1-12-6-7-17(24-2)16(8-12)22-18(23)10-15-11-25-19(21-15)13-4-3-5-14(20)9-13/h3-9,11H,10H2,1-2H3,(H,22,23). The second-order valence-electron chi connectivity index (χ2n) is 5.58. The number of ether oxygens (including phenoxy) is 1. The van der Waals surface area contributed by atoms with Gasteiger partial charge in [0, 0.05) is 10.9 Å². The number of thiazole rings is 1. The van der Waals surface area contributed by atoms with Gasteiger partial charge in [0.2, 0.25) is 5.91 Å². The van der Waals surface area contributed by atoms with Crippen molar-refractivity contribution < 1.29 is 13.9 Å². The van der Waals surface area contributed by atoms with Crippen molar-refractivity contribution in [2.45, 2.75) is 13.3 Å². The third-order valence-corrected chi connectivity index (χ3v) is 4.53. The fourth-order valence-electron chi connectivity index (χ4n) is 2.42. The molecular formula is C19H17FN2O2S. The van der Waals surface area contributed by atoms with Gasteiger partial charge in [-0.2, -0.15) is 0 Å². The Morgan fingerprint density at radius 2 is 2.12 bits per heavy atom. The Kier molecular flexibility index (Phi) is 5.09. The summed E-state index contributed by atoms with van der Waals surface area (Å²) in [6.45, 7) is 1.95. The third-order valence-electron chi connectivity index (χ3n) is 3.59. The van der Waals surface area contributed by atoms with Crippen molar-refractivity contribution in [3.8, 4) is 16.3 Å². The highest BCUT2D eigenvalue weighted by Gasteiger charge is 2.12. The summed E-state index contributed by atoms with van der Waals surface area (Å²) >= 11 is 1.39. The van der Waals surface area contributed by atoms with E-state index in [1.807, 2.05) is 30.5 Å². The number of anilines is 1. The van der Waals surface area contributed by atoms with Gasteiger partial charge in [-0.3, -0.25) is 4.79 Å². The Morgan fingerprint density at radius 1 is 1.28 bits per heavy atom. The second-order valence-corrected chi connectivity index (χ2v) is 6.44. The molecule has 0 aliphatic heterocycles. The number of amides is 1. The third kappa shape index (κ3) is 4.22. The number of nitrogens with zero attached hydrogens (tertiary/aromatic N) is 1. The van der Waals surface area contributed by atoms with Gasteiger partial charge in [0.15, 0.2) is 0 Å². The molecule has 0 atom stereocenters. The van der Waals surface area contributed by atoms with Gasteiger partial charge < -0.3 is 10.1 Å². The zero-order valence-corrected chi connectivity index (χ0v) is 14.7. The van der Waals surface area contributed by atoms with Crippen LogP contribution in [0.1, 0.15) is 11.3 Å². The molecule has 0 radical (unpaired) electrons. The number of aromatic nitrogens is 1. The van der Waals surface area contributed by atoms with Gasteiger partial charge in [-0.1, -0.05) is 18.2 Å². The van der Waals surface area contributed by atoms with E-state index in [9.17, 15) is 9.18 Å². The topological polar surface area (TPSA) is 51.2 Å². The van der Waals surface area contributed by atoms with Crippen molar-refractivity contribution in [2.24, 2.45) is 0 Å². The minimum atomic E-state index is -0.307. The zero-order valence-electron chi connectivity index (χ0n) is 13.9. The lowest BCUT2D eigenvalue weighted by atomic mass is 10.2. The van der Waals surface area contributed by atoms with E-state index in [1.54, 1.807) is 19.2 Å². The number of nitrogens with one attached hydrogen (secondary N) is 1. The maximum Gasteiger partial charge on any atom is 0.230 e. The molecule has 3 rings (SSSR count). The van der Waals surface area contributed by atoms with Crippen LogP contribution >= 0.6 is 11.3 Å². The van der Waals surface area contributed by atoms with Crippen LogP contribution in [0.3, 0.4) is 0 Å². The molecule has 0 aliphatic rings. The Morgan fingerprint density at radius 3 is 2.88 bits per heavy atom. The van der Waals surface area contributed by atoms with Crippen molar-refractivity contribution in [1.82, 2.24) is 4.98 Å².